The van der Waals surface area contributed by atoms with Crippen LogP contribution in [0.2, 0.25) is 5.02 Å². The van der Waals surface area contributed by atoms with Crippen LogP contribution >= 0.6 is 11.6 Å². The van der Waals surface area contributed by atoms with E-state index in [0.717, 1.165) is 12.0 Å². The molecule has 1 unspecified atom stereocenters. The monoisotopic (exact) mass is 223 g/mol. The highest BCUT2D eigenvalue weighted by Crippen LogP contribution is 2.35. The normalized spacial score (nSPS) is 30.5. The zero-order chi connectivity index (χ0) is 10.9. The topological polar surface area (TPSA) is 46.2 Å². The predicted molar refractivity (Wildman–Crippen MR) is 61.7 cm³/mol. The highest BCUT2D eigenvalue weighted by molar-refractivity contribution is 6.31. The first-order valence-electron chi connectivity index (χ1n) is 5.03. The third-order valence-electron chi connectivity index (χ3n) is 2.95. The summed E-state index contributed by atoms with van der Waals surface area (Å²) in [6.07, 6.45) is 4.62. The standard InChI is InChI=1S/C12H14ClNO/c13-10-6-2-1-5-9(10)12(14)8-4-3-7-11(12)15/h1-3,5-7,11,15H,4,8,14H2/t11?,12-/m0/s1. The van der Waals surface area contributed by atoms with Gasteiger partial charge in [0.2, 0.25) is 0 Å². The zero-order valence-electron chi connectivity index (χ0n) is 8.36. The average Bonchev–Trinajstić information content (AvgIpc) is 2.23. The van der Waals surface area contributed by atoms with Crippen molar-refractivity contribution in [1.29, 1.82) is 0 Å². The molecule has 0 amide bonds. The molecule has 1 aliphatic rings. The summed E-state index contributed by atoms with van der Waals surface area (Å²) in [5.74, 6) is 0. The lowest BCUT2D eigenvalue weighted by Gasteiger charge is -2.36. The molecule has 0 fully saturated rings. The first-order valence-corrected chi connectivity index (χ1v) is 5.41. The van der Waals surface area contributed by atoms with Crippen molar-refractivity contribution in [2.24, 2.45) is 5.73 Å². The molecule has 1 aromatic rings. The van der Waals surface area contributed by atoms with Crippen LogP contribution < -0.4 is 5.73 Å². The maximum atomic E-state index is 9.94. The number of allylic oxidation sites excluding steroid dienone is 1. The average molecular weight is 224 g/mol. The van der Waals surface area contributed by atoms with Gasteiger partial charge in [-0.15, -0.1) is 0 Å². The summed E-state index contributed by atoms with van der Waals surface area (Å²) in [6, 6.07) is 7.43. The second-order valence-corrected chi connectivity index (χ2v) is 4.34. The SMILES string of the molecule is N[C@]1(c2ccccc2Cl)CCC=CC1O. The van der Waals surface area contributed by atoms with Gasteiger partial charge in [-0.3, -0.25) is 0 Å². The minimum atomic E-state index is -0.743. The fourth-order valence-electron chi connectivity index (χ4n) is 2.00. The molecule has 0 spiro atoms. The van der Waals surface area contributed by atoms with E-state index in [2.05, 4.69) is 0 Å². The Labute approximate surface area is 94.4 Å². The smallest absolute Gasteiger partial charge is 0.0942 e. The Balaban J connectivity index is 2.45. The summed E-state index contributed by atoms with van der Waals surface area (Å²) in [6.45, 7) is 0. The summed E-state index contributed by atoms with van der Waals surface area (Å²) >= 11 is 6.10. The molecule has 1 aromatic carbocycles. The molecule has 0 bridgehead atoms. The highest BCUT2D eigenvalue weighted by atomic mass is 35.5. The summed E-state index contributed by atoms with van der Waals surface area (Å²) in [7, 11) is 0. The Kier molecular flexibility index (Phi) is 2.83. The largest absolute Gasteiger partial charge is 0.387 e. The first kappa shape index (κ1) is 10.7. The van der Waals surface area contributed by atoms with Crippen molar-refractivity contribution >= 4 is 11.6 Å². The number of rotatable bonds is 1. The molecule has 2 nitrogen and oxygen atoms in total. The van der Waals surface area contributed by atoms with Crippen molar-refractivity contribution in [1.82, 2.24) is 0 Å². The molecule has 3 N–H and O–H groups in total. The summed E-state index contributed by atoms with van der Waals surface area (Å²) < 4.78 is 0. The van der Waals surface area contributed by atoms with Crippen LogP contribution in [-0.4, -0.2) is 11.2 Å². The van der Waals surface area contributed by atoms with Crippen molar-refractivity contribution in [2.45, 2.75) is 24.5 Å². The molecule has 0 aromatic heterocycles. The van der Waals surface area contributed by atoms with Crippen LogP contribution in [0.25, 0.3) is 0 Å². The lowest BCUT2D eigenvalue weighted by Crippen LogP contribution is -2.48. The van der Waals surface area contributed by atoms with Crippen LogP contribution in [0.4, 0.5) is 0 Å². The van der Waals surface area contributed by atoms with Gasteiger partial charge in [-0.25, -0.2) is 0 Å². The van der Waals surface area contributed by atoms with E-state index in [9.17, 15) is 5.11 Å². The molecule has 0 saturated heterocycles. The summed E-state index contributed by atoms with van der Waals surface area (Å²) in [5.41, 5.74) is 6.32. The van der Waals surface area contributed by atoms with Crippen LogP contribution in [0.1, 0.15) is 18.4 Å². The number of aliphatic hydroxyl groups excluding tert-OH is 1. The molecule has 2 rings (SSSR count). The van der Waals surface area contributed by atoms with Gasteiger partial charge >= 0.3 is 0 Å². The summed E-state index contributed by atoms with van der Waals surface area (Å²) in [4.78, 5) is 0. The fraction of sp³-hybridized carbons (Fsp3) is 0.333. The molecule has 15 heavy (non-hydrogen) atoms. The number of hydrogen-bond acceptors (Lipinski definition) is 2. The molecule has 80 valence electrons. The number of benzene rings is 1. The van der Waals surface area contributed by atoms with Crippen LogP contribution in [-0.2, 0) is 5.54 Å². The minimum absolute atomic E-state index is 0.620. The quantitative estimate of drug-likeness (QED) is 0.717. The lowest BCUT2D eigenvalue weighted by molar-refractivity contribution is 0.112. The third kappa shape index (κ3) is 1.81. The van der Waals surface area contributed by atoms with Gasteiger partial charge in [0.05, 0.1) is 11.6 Å². The van der Waals surface area contributed by atoms with E-state index in [1.165, 1.54) is 0 Å². The van der Waals surface area contributed by atoms with Crippen molar-refractivity contribution in [3.05, 3.63) is 47.0 Å². The van der Waals surface area contributed by atoms with Gasteiger partial charge in [0.15, 0.2) is 0 Å². The molecular weight excluding hydrogens is 210 g/mol. The fourth-order valence-corrected chi connectivity index (χ4v) is 2.31. The van der Waals surface area contributed by atoms with Crippen molar-refractivity contribution in [2.75, 3.05) is 0 Å². The molecule has 0 saturated carbocycles. The maximum Gasteiger partial charge on any atom is 0.0942 e. The van der Waals surface area contributed by atoms with E-state index in [4.69, 9.17) is 17.3 Å². The summed E-state index contributed by atoms with van der Waals surface area (Å²) in [5, 5.41) is 10.6. The van der Waals surface area contributed by atoms with Crippen LogP contribution in [0.15, 0.2) is 36.4 Å². The predicted octanol–water partition coefficient (Wildman–Crippen LogP) is 2.20. The lowest BCUT2D eigenvalue weighted by atomic mass is 9.78. The van der Waals surface area contributed by atoms with Gasteiger partial charge in [0.25, 0.3) is 0 Å². The Morgan fingerprint density at radius 2 is 2.13 bits per heavy atom. The molecule has 2 atom stereocenters. The Morgan fingerprint density at radius 3 is 2.80 bits per heavy atom. The molecule has 3 heteroatoms. The minimum Gasteiger partial charge on any atom is -0.387 e. The van der Waals surface area contributed by atoms with Crippen molar-refractivity contribution in [3.8, 4) is 0 Å². The van der Waals surface area contributed by atoms with E-state index in [1.54, 1.807) is 12.1 Å². The van der Waals surface area contributed by atoms with Crippen LogP contribution in [0.5, 0.6) is 0 Å². The number of halogens is 1. The van der Waals surface area contributed by atoms with Crippen LogP contribution in [0, 0.1) is 0 Å². The van der Waals surface area contributed by atoms with Gasteiger partial charge in [-0.2, -0.15) is 0 Å². The Bertz CT molecular complexity index is 391. The second-order valence-electron chi connectivity index (χ2n) is 3.93. The van der Waals surface area contributed by atoms with Gasteiger partial charge in [-0.05, 0) is 24.5 Å². The third-order valence-corrected chi connectivity index (χ3v) is 3.28. The Morgan fingerprint density at radius 1 is 1.40 bits per heavy atom. The molecule has 0 heterocycles. The number of hydrogen-bond donors (Lipinski definition) is 2. The van der Waals surface area contributed by atoms with Gasteiger partial charge in [0, 0.05) is 5.02 Å². The number of aliphatic hydroxyl groups is 1. The van der Waals surface area contributed by atoms with E-state index >= 15 is 0 Å². The van der Waals surface area contributed by atoms with Crippen molar-refractivity contribution < 1.29 is 5.11 Å². The molecule has 0 radical (unpaired) electrons. The molecular formula is C12H14ClNO. The zero-order valence-corrected chi connectivity index (χ0v) is 9.11. The van der Waals surface area contributed by atoms with Gasteiger partial charge in [0.1, 0.15) is 0 Å². The first-order chi connectivity index (χ1) is 7.14. The highest BCUT2D eigenvalue weighted by Gasteiger charge is 2.36. The van der Waals surface area contributed by atoms with Gasteiger partial charge in [-0.1, -0.05) is 42.0 Å². The van der Waals surface area contributed by atoms with E-state index in [0.29, 0.717) is 11.4 Å². The molecule has 1 aliphatic carbocycles. The van der Waals surface area contributed by atoms with E-state index in [1.807, 2.05) is 24.3 Å². The van der Waals surface area contributed by atoms with E-state index < -0.39 is 11.6 Å². The van der Waals surface area contributed by atoms with Gasteiger partial charge < -0.3 is 10.8 Å². The van der Waals surface area contributed by atoms with E-state index in [-0.39, 0.29) is 0 Å². The molecule has 0 aliphatic heterocycles. The Hall–Kier alpha value is -0.830. The number of nitrogens with two attached hydrogens (primary N) is 1. The maximum absolute atomic E-state index is 9.94. The van der Waals surface area contributed by atoms with Crippen molar-refractivity contribution in [3.63, 3.8) is 0 Å². The second kappa shape index (κ2) is 3.97. The van der Waals surface area contributed by atoms with Crippen LogP contribution in [0.3, 0.4) is 0 Å².